The Kier molecular flexibility index (Phi) is 8.68. The number of thioether (sulfide) groups is 1. The van der Waals surface area contributed by atoms with E-state index in [0.717, 1.165) is 10.5 Å². The summed E-state index contributed by atoms with van der Waals surface area (Å²) < 4.78 is 4.96. The Morgan fingerprint density at radius 2 is 1.59 bits per heavy atom. The van der Waals surface area contributed by atoms with Crippen molar-refractivity contribution in [3.63, 3.8) is 0 Å². The first kappa shape index (κ1) is 22.4. The summed E-state index contributed by atoms with van der Waals surface area (Å²) >= 11 is 1.63. The van der Waals surface area contributed by atoms with E-state index in [4.69, 9.17) is 4.74 Å². The number of carbonyl (C=O) groups is 3. The number of rotatable bonds is 9. The molecule has 0 aromatic heterocycles. The summed E-state index contributed by atoms with van der Waals surface area (Å²) in [6, 6.07) is 17.9. The minimum Gasteiger partial charge on any atom is -0.467 e. The molecule has 0 aliphatic rings. The first-order valence-electron chi connectivity index (χ1n) is 9.21. The zero-order valence-electron chi connectivity index (χ0n) is 16.8. The van der Waals surface area contributed by atoms with E-state index in [1.165, 1.54) is 18.9 Å². The fourth-order valence-electron chi connectivity index (χ4n) is 2.74. The van der Waals surface area contributed by atoms with Crippen LogP contribution in [0.3, 0.4) is 0 Å². The molecule has 0 aliphatic carbocycles. The molecule has 2 rings (SSSR count). The maximum Gasteiger partial charge on any atom is 0.333 e. The van der Waals surface area contributed by atoms with E-state index in [-0.39, 0.29) is 12.2 Å². The molecule has 0 N–H and O–H groups in total. The third kappa shape index (κ3) is 6.91. The minimum atomic E-state index is -0.954. The number of hydrogen-bond donors (Lipinski definition) is 0. The van der Waals surface area contributed by atoms with Gasteiger partial charge >= 0.3 is 5.97 Å². The van der Waals surface area contributed by atoms with Crippen LogP contribution in [0.15, 0.2) is 77.3 Å². The highest BCUT2D eigenvalue weighted by atomic mass is 32.2. The summed E-state index contributed by atoms with van der Waals surface area (Å²) in [5.41, 5.74) is 1.51. The van der Waals surface area contributed by atoms with E-state index in [1.807, 2.05) is 43.3 Å². The van der Waals surface area contributed by atoms with Crippen molar-refractivity contribution in [2.75, 3.05) is 12.9 Å². The number of esters is 1. The first-order chi connectivity index (χ1) is 13.9. The van der Waals surface area contributed by atoms with Gasteiger partial charge in [-0.1, -0.05) is 48.5 Å². The predicted octanol–water partition coefficient (Wildman–Crippen LogP) is 4.40. The molecule has 0 heterocycles. The average molecular weight is 412 g/mol. The van der Waals surface area contributed by atoms with Crippen molar-refractivity contribution < 1.29 is 19.1 Å². The summed E-state index contributed by atoms with van der Waals surface area (Å²) in [4.78, 5) is 39.4. The molecule has 0 spiro atoms. The molecule has 1 amide bonds. The van der Waals surface area contributed by atoms with Gasteiger partial charge in [-0.05, 0) is 37.1 Å². The molecule has 0 aliphatic heterocycles. The molecule has 29 heavy (non-hydrogen) atoms. The molecule has 0 saturated carbocycles. The van der Waals surface area contributed by atoms with E-state index in [9.17, 15) is 14.4 Å². The van der Waals surface area contributed by atoms with Crippen molar-refractivity contribution in [2.24, 2.45) is 0 Å². The SMILES string of the molecule is COC(=O)C(c1ccccc1)N(/C=C(/C)CSc1ccccc1)C(=O)CC(C)=O. The van der Waals surface area contributed by atoms with Crippen LogP contribution in [0.4, 0.5) is 0 Å². The van der Waals surface area contributed by atoms with Crippen LogP contribution >= 0.6 is 11.8 Å². The largest absolute Gasteiger partial charge is 0.467 e. The van der Waals surface area contributed by atoms with E-state index in [1.54, 1.807) is 42.2 Å². The van der Waals surface area contributed by atoms with Crippen LogP contribution in [-0.2, 0) is 19.1 Å². The lowest BCUT2D eigenvalue weighted by molar-refractivity contribution is -0.151. The lowest BCUT2D eigenvalue weighted by Gasteiger charge is -2.28. The number of ether oxygens (including phenoxy) is 1. The number of nitrogens with zero attached hydrogens (tertiary/aromatic N) is 1. The van der Waals surface area contributed by atoms with Crippen LogP contribution < -0.4 is 0 Å². The van der Waals surface area contributed by atoms with Gasteiger partial charge in [-0.2, -0.15) is 0 Å². The Morgan fingerprint density at radius 3 is 2.14 bits per heavy atom. The van der Waals surface area contributed by atoms with Gasteiger partial charge in [0.15, 0.2) is 6.04 Å². The molecule has 0 fully saturated rings. The van der Waals surface area contributed by atoms with Crippen LogP contribution in [0.25, 0.3) is 0 Å². The van der Waals surface area contributed by atoms with Crippen molar-refractivity contribution in [1.29, 1.82) is 0 Å². The van der Waals surface area contributed by atoms with Gasteiger partial charge in [0, 0.05) is 16.8 Å². The zero-order chi connectivity index (χ0) is 21.2. The highest BCUT2D eigenvalue weighted by molar-refractivity contribution is 7.99. The Hall–Kier alpha value is -2.86. The number of amides is 1. The molecule has 1 unspecified atom stereocenters. The molecule has 2 aromatic carbocycles. The lowest BCUT2D eigenvalue weighted by Crippen LogP contribution is -2.37. The third-order valence-corrected chi connectivity index (χ3v) is 5.28. The topological polar surface area (TPSA) is 63.7 Å². The Bertz CT molecular complexity index is 865. The van der Waals surface area contributed by atoms with Crippen LogP contribution in [-0.4, -0.2) is 35.4 Å². The predicted molar refractivity (Wildman–Crippen MR) is 114 cm³/mol. The molecular weight excluding hydrogens is 386 g/mol. The number of methoxy groups -OCH3 is 1. The molecule has 0 radical (unpaired) electrons. The van der Waals surface area contributed by atoms with Crippen LogP contribution in [0, 0.1) is 0 Å². The van der Waals surface area contributed by atoms with Crippen LogP contribution in [0.2, 0.25) is 0 Å². The van der Waals surface area contributed by atoms with Crippen molar-refractivity contribution in [1.82, 2.24) is 4.90 Å². The third-order valence-electron chi connectivity index (χ3n) is 4.08. The van der Waals surface area contributed by atoms with Gasteiger partial charge in [0.05, 0.1) is 13.5 Å². The number of benzene rings is 2. The van der Waals surface area contributed by atoms with Gasteiger partial charge in [0.1, 0.15) is 5.78 Å². The van der Waals surface area contributed by atoms with Gasteiger partial charge in [-0.3, -0.25) is 9.59 Å². The maximum absolute atomic E-state index is 12.8. The number of Topliss-reactive ketones (excluding diaryl/α,β-unsaturated/α-hetero) is 1. The maximum atomic E-state index is 12.8. The molecular formula is C23H25NO4S. The number of carbonyl (C=O) groups excluding carboxylic acids is 3. The second-order valence-corrected chi connectivity index (χ2v) is 7.64. The van der Waals surface area contributed by atoms with E-state index < -0.39 is 17.9 Å². The molecule has 2 aromatic rings. The van der Waals surface area contributed by atoms with Gasteiger partial charge < -0.3 is 9.64 Å². The van der Waals surface area contributed by atoms with E-state index in [2.05, 4.69) is 0 Å². The van der Waals surface area contributed by atoms with Gasteiger partial charge in [-0.25, -0.2) is 4.79 Å². The van der Waals surface area contributed by atoms with E-state index >= 15 is 0 Å². The Labute approximate surface area is 175 Å². The fourth-order valence-corrected chi connectivity index (χ4v) is 3.56. The molecule has 0 bridgehead atoms. The van der Waals surface area contributed by atoms with Gasteiger partial charge in [0.2, 0.25) is 5.91 Å². The Morgan fingerprint density at radius 1 is 1.00 bits per heavy atom. The molecule has 152 valence electrons. The number of ketones is 1. The van der Waals surface area contributed by atoms with Crippen molar-refractivity contribution in [3.05, 3.63) is 78.0 Å². The number of hydrogen-bond acceptors (Lipinski definition) is 5. The minimum absolute atomic E-state index is 0.263. The highest BCUT2D eigenvalue weighted by Gasteiger charge is 2.31. The summed E-state index contributed by atoms with van der Waals surface area (Å²) in [5.74, 6) is -0.633. The van der Waals surface area contributed by atoms with E-state index in [0.29, 0.717) is 11.3 Å². The second-order valence-electron chi connectivity index (χ2n) is 6.59. The zero-order valence-corrected chi connectivity index (χ0v) is 17.6. The monoisotopic (exact) mass is 411 g/mol. The lowest BCUT2D eigenvalue weighted by atomic mass is 10.0. The molecule has 6 heteroatoms. The first-order valence-corrected chi connectivity index (χ1v) is 10.2. The van der Waals surface area contributed by atoms with Crippen molar-refractivity contribution in [2.45, 2.75) is 31.2 Å². The molecule has 1 atom stereocenters. The highest BCUT2D eigenvalue weighted by Crippen LogP contribution is 2.26. The smallest absolute Gasteiger partial charge is 0.333 e. The summed E-state index contributed by atoms with van der Waals surface area (Å²) in [5, 5.41) is 0. The fraction of sp³-hybridized carbons (Fsp3) is 0.261. The Balaban J connectivity index is 2.34. The summed E-state index contributed by atoms with van der Waals surface area (Å²) in [6.45, 7) is 3.25. The molecule has 5 nitrogen and oxygen atoms in total. The standard InChI is InChI=1S/C23H25NO4S/c1-17(16-29-20-12-8-5-9-13-20)15-24(21(26)14-18(2)25)22(23(27)28-3)19-10-6-4-7-11-19/h4-13,15,22H,14,16H2,1-3H3/b17-15-. The van der Waals surface area contributed by atoms with Crippen LogP contribution in [0.1, 0.15) is 31.9 Å². The molecule has 0 saturated heterocycles. The van der Waals surface area contributed by atoms with Gasteiger partial charge in [-0.15, -0.1) is 11.8 Å². The van der Waals surface area contributed by atoms with Crippen molar-refractivity contribution in [3.8, 4) is 0 Å². The van der Waals surface area contributed by atoms with Crippen molar-refractivity contribution >= 4 is 29.4 Å². The normalized spacial score (nSPS) is 12.2. The average Bonchev–Trinajstić information content (AvgIpc) is 2.72. The summed E-state index contributed by atoms with van der Waals surface area (Å²) in [6.07, 6.45) is 1.37. The van der Waals surface area contributed by atoms with Crippen LogP contribution in [0.5, 0.6) is 0 Å². The quantitative estimate of drug-likeness (QED) is 0.348. The van der Waals surface area contributed by atoms with Gasteiger partial charge in [0.25, 0.3) is 0 Å². The second kappa shape index (κ2) is 11.2. The summed E-state index contributed by atoms with van der Waals surface area (Å²) in [7, 11) is 1.29.